The van der Waals surface area contributed by atoms with Gasteiger partial charge in [-0.15, -0.1) is 0 Å². The molecule has 1 N–H and O–H groups in total. The highest BCUT2D eigenvalue weighted by Gasteiger charge is 2.15. The Morgan fingerprint density at radius 1 is 1.12 bits per heavy atom. The summed E-state index contributed by atoms with van der Waals surface area (Å²) >= 11 is 0. The number of rotatable bonds is 6. The Kier molecular flexibility index (Phi) is 5.63. The minimum atomic E-state index is -0.258. The average molecular weight is 330 g/mol. The zero-order valence-electron chi connectivity index (χ0n) is 14.6. The van der Waals surface area contributed by atoms with Crippen molar-refractivity contribution in [2.24, 2.45) is 0 Å². The van der Waals surface area contributed by atoms with Crippen LogP contribution >= 0.6 is 0 Å². The monoisotopic (exact) mass is 330 g/mol. The largest absolute Gasteiger partial charge is 0.497 e. The van der Waals surface area contributed by atoms with Gasteiger partial charge in [-0.3, -0.25) is 9.78 Å². The van der Waals surface area contributed by atoms with Crippen molar-refractivity contribution in [2.75, 3.05) is 21.3 Å². The van der Waals surface area contributed by atoms with Crippen LogP contribution in [-0.2, 0) is 6.54 Å². The van der Waals surface area contributed by atoms with Gasteiger partial charge in [0.05, 0.1) is 39.1 Å². The van der Waals surface area contributed by atoms with E-state index in [2.05, 4.69) is 10.3 Å². The molecule has 128 valence electrons. The second-order valence-electron chi connectivity index (χ2n) is 5.30. The van der Waals surface area contributed by atoms with Crippen molar-refractivity contribution >= 4 is 5.91 Å². The summed E-state index contributed by atoms with van der Waals surface area (Å²) in [4.78, 5) is 16.9. The number of carbonyl (C=O) groups excluding carboxylic acids is 1. The zero-order chi connectivity index (χ0) is 17.7. The van der Waals surface area contributed by atoms with E-state index in [-0.39, 0.29) is 5.91 Å². The lowest BCUT2D eigenvalue weighted by molar-refractivity contribution is 0.0947. The van der Waals surface area contributed by atoms with E-state index < -0.39 is 0 Å². The first-order valence-corrected chi connectivity index (χ1v) is 7.51. The molecule has 0 unspecified atom stereocenters. The maximum Gasteiger partial charge on any atom is 0.255 e. The van der Waals surface area contributed by atoms with Crippen molar-refractivity contribution in [1.82, 2.24) is 10.3 Å². The fourth-order valence-electron chi connectivity index (χ4n) is 2.50. The smallest absolute Gasteiger partial charge is 0.255 e. The van der Waals surface area contributed by atoms with Gasteiger partial charge in [0, 0.05) is 17.3 Å². The number of pyridine rings is 1. The summed E-state index contributed by atoms with van der Waals surface area (Å²) in [6.07, 6.45) is 1.74. The van der Waals surface area contributed by atoms with E-state index in [1.165, 1.54) is 7.11 Å². The van der Waals surface area contributed by atoms with Gasteiger partial charge in [0.2, 0.25) is 0 Å². The molecular weight excluding hydrogens is 308 g/mol. The second-order valence-corrected chi connectivity index (χ2v) is 5.30. The van der Waals surface area contributed by atoms with Gasteiger partial charge < -0.3 is 19.5 Å². The number of aryl methyl sites for hydroxylation is 1. The number of hydrogen-bond acceptors (Lipinski definition) is 5. The minimum absolute atomic E-state index is 0.258. The van der Waals surface area contributed by atoms with Crippen LogP contribution in [0.5, 0.6) is 17.2 Å². The molecule has 1 heterocycles. The van der Waals surface area contributed by atoms with Crippen LogP contribution in [0.25, 0.3) is 0 Å². The van der Waals surface area contributed by atoms with Gasteiger partial charge in [-0.25, -0.2) is 0 Å². The van der Waals surface area contributed by atoms with Crippen LogP contribution in [0, 0.1) is 13.8 Å². The minimum Gasteiger partial charge on any atom is -0.497 e. The number of nitrogens with one attached hydrogen (secondary N) is 1. The molecule has 0 radical (unpaired) electrons. The quantitative estimate of drug-likeness (QED) is 0.882. The average Bonchev–Trinajstić information content (AvgIpc) is 2.60. The maximum absolute atomic E-state index is 12.5. The molecule has 0 bridgehead atoms. The Bertz CT molecular complexity index is 744. The molecule has 6 nitrogen and oxygen atoms in total. The summed E-state index contributed by atoms with van der Waals surface area (Å²) in [5.74, 6) is 1.60. The maximum atomic E-state index is 12.5. The van der Waals surface area contributed by atoms with Crippen LogP contribution in [0.4, 0.5) is 0 Å². The van der Waals surface area contributed by atoms with Crippen LogP contribution in [0.15, 0.2) is 24.4 Å². The van der Waals surface area contributed by atoms with E-state index in [9.17, 15) is 4.79 Å². The number of nitrogens with zero attached hydrogens (tertiary/aromatic N) is 1. The van der Waals surface area contributed by atoms with E-state index in [0.29, 0.717) is 23.6 Å². The molecule has 6 heteroatoms. The Hall–Kier alpha value is -2.76. The standard InChI is InChI=1S/C18H22N2O4/c1-11-9-19-15(12(2)17(11)24-5)10-20-18(21)14-8-13(22-3)6-7-16(14)23-4/h6-9H,10H2,1-5H3,(H,20,21). The summed E-state index contributed by atoms with van der Waals surface area (Å²) in [5, 5.41) is 2.86. The van der Waals surface area contributed by atoms with E-state index in [1.54, 1.807) is 38.6 Å². The third-order valence-electron chi connectivity index (χ3n) is 3.82. The molecule has 0 atom stereocenters. The van der Waals surface area contributed by atoms with Gasteiger partial charge in [-0.2, -0.15) is 0 Å². The number of carbonyl (C=O) groups is 1. The Morgan fingerprint density at radius 3 is 2.50 bits per heavy atom. The Balaban J connectivity index is 2.20. The summed E-state index contributed by atoms with van der Waals surface area (Å²) in [7, 11) is 4.70. The Morgan fingerprint density at radius 2 is 1.88 bits per heavy atom. The van der Waals surface area contributed by atoms with Crippen molar-refractivity contribution < 1.29 is 19.0 Å². The first kappa shape index (κ1) is 17.6. The van der Waals surface area contributed by atoms with E-state index in [0.717, 1.165) is 22.6 Å². The van der Waals surface area contributed by atoms with Gasteiger partial charge >= 0.3 is 0 Å². The number of ether oxygens (including phenoxy) is 3. The lowest BCUT2D eigenvalue weighted by Crippen LogP contribution is -2.24. The predicted octanol–water partition coefficient (Wildman–Crippen LogP) is 2.65. The lowest BCUT2D eigenvalue weighted by atomic mass is 10.1. The van der Waals surface area contributed by atoms with Crippen molar-refractivity contribution in [3.63, 3.8) is 0 Å². The normalized spacial score (nSPS) is 10.2. The van der Waals surface area contributed by atoms with Crippen LogP contribution in [0.1, 0.15) is 27.2 Å². The van der Waals surface area contributed by atoms with Crippen molar-refractivity contribution in [3.8, 4) is 17.2 Å². The molecule has 0 aliphatic rings. The molecule has 0 aliphatic heterocycles. The highest BCUT2D eigenvalue weighted by Crippen LogP contribution is 2.25. The third-order valence-corrected chi connectivity index (χ3v) is 3.82. The molecule has 0 fully saturated rings. The van der Waals surface area contributed by atoms with Gasteiger partial charge in [0.15, 0.2) is 0 Å². The molecule has 1 aromatic carbocycles. The molecule has 1 amide bonds. The van der Waals surface area contributed by atoms with Gasteiger partial charge in [0.1, 0.15) is 17.2 Å². The van der Waals surface area contributed by atoms with Crippen molar-refractivity contribution in [3.05, 3.63) is 46.8 Å². The van der Waals surface area contributed by atoms with Crippen LogP contribution in [0.2, 0.25) is 0 Å². The fraction of sp³-hybridized carbons (Fsp3) is 0.333. The zero-order valence-corrected chi connectivity index (χ0v) is 14.6. The van der Waals surface area contributed by atoms with E-state index in [1.807, 2.05) is 13.8 Å². The van der Waals surface area contributed by atoms with Gasteiger partial charge in [-0.1, -0.05) is 0 Å². The Labute approximate surface area is 141 Å². The molecule has 2 rings (SSSR count). The summed E-state index contributed by atoms with van der Waals surface area (Å²) in [6, 6.07) is 5.09. The molecule has 0 aliphatic carbocycles. The fourth-order valence-corrected chi connectivity index (χ4v) is 2.50. The first-order chi connectivity index (χ1) is 11.5. The lowest BCUT2D eigenvalue weighted by Gasteiger charge is -2.14. The van der Waals surface area contributed by atoms with Crippen LogP contribution < -0.4 is 19.5 Å². The molecule has 1 aromatic heterocycles. The molecule has 0 spiro atoms. The molecule has 2 aromatic rings. The number of hydrogen-bond donors (Lipinski definition) is 1. The van der Waals surface area contributed by atoms with Crippen molar-refractivity contribution in [1.29, 1.82) is 0 Å². The summed E-state index contributed by atoms with van der Waals surface area (Å²) < 4.78 is 15.8. The number of aromatic nitrogens is 1. The van der Waals surface area contributed by atoms with Gasteiger partial charge in [-0.05, 0) is 32.0 Å². The highest BCUT2D eigenvalue weighted by molar-refractivity contribution is 5.97. The van der Waals surface area contributed by atoms with Crippen LogP contribution in [-0.4, -0.2) is 32.2 Å². The first-order valence-electron chi connectivity index (χ1n) is 7.51. The van der Waals surface area contributed by atoms with E-state index in [4.69, 9.17) is 14.2 Å². The van der Waals surface area contributed by atoms with Gasteiger partial charge in [0.25, 0.3) is 5.91 Å². The molecule has 0 saturated heterocycles. The third kappa shape index (κ3) is 3.59. The predicted molar refractivity (Wildman–Crippen MR) is 91.0 cm³/mol. The topological polar surface area (TPSA) is 69.7 Å². The molecule has 24 heavy (non-hydrogen) atoms. The SMILES string of the molecule is COc1ccc(OC)c(C(=O)NCc2ncc(C)c(OC)c2C)c1. The molecule has 0 saturated carbocycles. The summed E-state index contributed by atoms with van der Waals surface area (Å²) in [5.41, 5.74) is 3.04. The van der Waals surface area contributed by atoms with Crippen molar-refractivity contribution in [2.45, 2.75) is 20.4 Å². The summed E-state index contributed by atoms with van der Waals surface area (Å²) in [6.45, 7) is 4.15. The number of amides is 1. The number of benzene rings is 1. The number of methoxy groups -OCH3 is 3. The van der Waals surface area contributed by atoms with E-state index >= 15 is 0 Å². The molecular formula is C18H22N2O4. The highest BCUT2D eigenvalue weighted by atomic mass is 16.5. The van der Waals surface area contributed by atoms with Crippen LogP contribution in [0.3, 0.4) is 0 Å². The second kappa shape index (κ2) is 7.68.